The van der Waals surface area contributed by atoms with Crippen molar-refractivity contribution in [1.82, 2.24) is 19.4 Å². The summed E-state index contributed by atoms with van der Waals surface area (Å²) in [4.78, 5) is 13.7. The number of anilines is 2. The van der Waals surface area contributed by atoms with Crippen molar-refractivity contribution in [2.75, 3.05) is 19.0 Å². The Labute approximate surface area is 177 Å². The lowest BCUT2D eigenvalue weighted by Gasteiger charge is -2.13. The molecule has 5 aromatic rings. The van der Waals surface area contributed by atoms with Gasteiger partial charge in [0, 0.05) is 35.9 Å². The van der Waals surface area contributed by atoms with Crippen molar-refractivity contribution in [2.45, 2.75) is 6.92 Å². The molecule has 8 heteroatoms. The van der Waals surface area contributed by atoms with Crippen LogP contribution in [0.2, 0.25) is 0 Å². The summed E-state index contributed by atoms with van der Waals surface area (Å²) in [7, 11) is 1.63. The smallest absolute Gasteiger partial charge is 0.180 e. The van der Waals surface area contributed by atoms with Crippen molar-refractivity contribution in [3.63, 3.8) is 0 Å². The Morgan fingerprint density at radius 1 is 1.10 bits per heavy atom. The average Bonchev–Trinajstić information content (AvgIpc) is 3.43. The SMILES string of the molecule is CCOc1ccc(Nc2nc(-c3ccc4scnc4c3)cn3ccnc23)cc1OC. The van der Waals surface area contributed by atoms with E-state index in [1.807, 2.05) is 47.4 Å². The number of rotatable bonds is 6. The summed E-state index contributed by atoms with van der Waals surface area (Å²) >= 11 is 1.63. The molecule has 5 rings (SSSR count). The van der Waals surface area contributed by atoms with Crippen LogP contribution in [0.15, 0.2) is 60.5 Å². The molecule has 0 atom stereocenters. The minimum atomic E-state index is 0.574. The number of hydrogen-bond acceptors (Lipinski definition) is 7. The van der Waals surface area contributed by atoms with Gasteiger partial charge in [-0.05, 0) is 31.2 Å². The zero-order valence-electron chi connectivity index (χ0n) is 16.5. The number of aromatic nitrogens is 4. The molecule has 150 valence electrons. The van der Waals surface area contributed by atoms with Crippen molar-refractivity contribution >= 4 is 38.7 Å². The lowest BCUT2D eigenvalue weighted by molar-refractivity contribution is 0.311. The molecule has 0 fully saturated rings. The Bertz CT molecular complexity index is 1340. The summed E-state index contributed by atoms with van der Waals surface area (Å²) in [5, 5.41) is 3.38. The first-order valence-electron chi connectivity index (χ1n) is 9.50. The third-order valence-corrected chi connectivity index (χ3v) is 5.54. The summed E-state index contributed by atoms with van der Waals surface area (Å²) in [5.74, 6) is 2.02. The average molecular weight is 417 g/mol. The molecular weight excluding hydrogens is 398 g/mol. The number of hydrogen-bond donors (Lipinski definition) is 1. The van der Waals surface area contributed by atoms with E-state index < -0.39 is 0 Å². The quantitative estimate of drug-likeness (QED) is 0.412. The molecule has 30 heavy (non-hydrogen) atoms. The number of imidazole rings is 1. The van der Waals surface area contributed by atoms with E-state index in [-0.39, 0.29) is 0 Å². The van der Waals surface area contributed by atoms with Gasteiger partial charge in [0.25, 0.3) is 0 Å². The van der Waals surface area contributed by atoms with Gasteiger partial charge in [0.2, 0.25) is 0 Å². The standard InChI is InChI=1S/C22H19N5O2S/c1-3-29-18-6-5-15(11-19(18)28-2)25-21-22-23-8-9-27(22)12-17(26-21)14-4-7-20-16(10-14)24-13-30-20/h4-13H,3H2,1-2H3,(H,25,26). The predicted molar refractivity (Wildman–Crippen MR) is 119 cm³/mol. The highest BCUT2D eigenvalue weighted by atomic mass is 32.1. The fraction of sp³-hybridized carbons (Fsp3) is 0.136. The van der Waals surface area contributed by atoms with Gasteiger partial charge in [-0.3, -0.25) is 0 Å². The summed E-state index contributed by atoms with van der Waals surface area (Å²) < 4.78 is 14.2. The van der Waals surface area contributed by atoms with Crippen molar-refractivity contribution in [3.05, 3.63) is 60.5 Å². The van der Waals surface area contributed by atoms with Gasteiger partial charge in [-0.15, -0.1) is 11.3 Å². The minimum Gasteiger partial charge on any atom is -0.493 e. The van der Waals surface area contributed by atoms with E-state index in [0.717, 1.165) is 32.8 Å². The van der Waals surface area contributed by atoms with E-state index in [1.54, 1.807) is 24.6 Å². The molecule has 0 aliphatic carbocycles. The molecule has 7 nitrogen and oxygen atoms in total. The Hall–Kier alpha value is -3.65. The van der Waals surface area contributed by atoms with Gasteiger partial charge in [0.05, 0.1) is 35.1 Å². The maximum atomic E-state index is 5.61. The van der Waals surface area contributed by atoms with Crippen molar-refractivity contribution in [3.8, 4) is 22.8 Å². The first-order valence-corrected chi connectivity index (χ1v) is 10.4. The lowest BCUT2D eigenvalue weighted by atomic mass is 10.1. The highest BCUT2D eigenvalue weighted by Crippen LogP contribution is 2.33. The molecule has 3 heterocycles. The van der Waals surface area contributed by atoms with Gasteiger partial charge in [0.1, 0.15) is 0 Å². The molecule has 0 unspecified atom stereocenters. The largest absolute Gasteiger partial charge is 0.493 e. The molecule has 0 aliphatic heterocycles. The van der Waals surface area contributed by atoms with Gasteiger partial charge in [-0.1, -0.05) is 6.07 Å². The Morgan fingerprint density at radius 3 is 2.90 bits per heavy atom. The van der Waals surface area contributed by atoms with Crippen molar-refractivity contribution in [2.24, 2.45) is 0 Å². The number of methoxy groups -OCH3 is 1. The van der Waals surface area contributed by atoms with Gasteiger partial charge >= 0.3 is 0 Å². The normalized spacial score (nSPS) is 11.1. The summed E-state index contributed by atoms with van der Waals surface area (Å²) in [6.45, 7) is 2.52. The Balaban J connectivity index is 1.56. The topological polar surface area (TPSA) is 73.6 Å². The maximum absolute atomic E-state index is 5.61. The molecule has 0 saturated carbocycles. The lowest BCUT2D eigenvalue weighted by Crippen LogP contribution is -2.01. The van der Waals surface area contributed by atoms with Crippen LogP contribution in [-0.2, 0) is 0 Å². The third kappa shape index (κ3) is 3.31. The van der Waals surface area contributed by atoms with Crippen molar-refractivity contribution in [1.29, 1.82) is 0 Å². The fourth-order valence-corrected chi connectivity index (χ4v) is 3.99. The maximum Gasteiger partial charge on any atom is 0.180 e. The van der Waals surface area contributed by atoms with E-state index in [9.17, 15) is 0 Å². The van der Waals surface area contributed by atoms with Crippen LogP contribution in [-0.4, -0.2) is 33.1 Å². The first kappa shape index (κ1) is 18.4. The zero-order chi connectivity index (χ0) is 20.5. The van der Waals surface area contributed by atoms with Crippen LogP contribution in [0.25, 0.3) is 27.1 Å². The van der Waals surface area contributed by atoms with Crippen LogP contribution in [0.3, 0.4) is 0 Å². The number of ether oxygens (including phenoxy) is 2. The first-order chi connectivity index (χ1) is 14.7. The van der Waals surface area contributed by atoms with E-state index in [4.69, 9.17) is 14.5 Å². The van der Waals surface area contributed by atoms with Crippen LogP contribution in [0.5, 0.6) is 11.5 Å². The molecule has 0 spiro atoms. The van der Waals surface area contributed by atoms with Gasteiger partial charge < -0.3 is 19.2 Å². The number of nitrogens with zero attached hydrogens (tertiary/aromatic N) is 4. The van der Waals surface area contributed by atoms with E-state index >= 15 is 0 Å². The second-order valence-electron chi connectivity index (χ2n) is 6.59. The molecular formula is C22H19N5O2S. The molecule has 0 radical (unpaired) electrons. The number of thiazole rings is 1. The van der Waals surface area contributed by atoms with Crippen LogP contribution in [0.1, 0.15) is 6.92 Å². The Morgan fingerprint density at radius 2 is 2.03 bits per heavy atom. The van der Waals surface area contributed by atoms with Gasteiger partial charge in [0.15, 0.2) is 23.0 Å². The molecule has 3 aromatic heterocycles. The second kappa shape index (κ2) is 7.64. The van der Waals surface area contributed by atoms with Crippen molar-refractivity contribution < 1.29 is 9.47 Å². The van der Waals surface area contributed by atoms with Crippen LogP contribution in [0.4, 0.5) is 11.5 Å². The number of nitrogens with one attached hydrogen (secondary N) is 1. The van der Waals surface area contributed by atoms with Crippen LogP contribution in [0, 0.1) is 0 Å². The monoisotopic (exact) mass is 417 g/mol. The van der Waals surface area contributed by atoms with Gasteiger partial charge in [-0.25, -0.2) is 15.0 Å². The highest BCUT2D eigenvalue weighted by molar-refractivity contribution is 7.16. The Kier molecular flexibility index (Phi) is 4.68. The molecule has 0 aliphatic rings. The van der Waals surface area contributed by atoms with E-state index in [0.29, 0.717) is 23.9 Å². The second-order valence-corrected chi connectivity index (χ2v) is 7.48. The van der Waals surface area contributed by atoms with E-state index in [2.05, 4.69) is 33.5 Å². The molecule has 1 N–H and O–H groups in total. The van der Waals surface area contributed by atoms with Crippen LogP contribution >= 0.6 is 11.3 Å². The molecule has 0 amide bonds. The third-order valence-electron chi connectivity index (χ3n) is 4.73. The molecule has 0 bridgehead atoms. The highest BCUT2D eigenvalue weighted by Gasteiger charge is 2.12. The summed E-state index contributed by atoms with van der Waals surface area (Å²) in [6.07, 6.45) is 5.64. The molecule has 2 aromatic carbocycles. The zero-order valence-corrected chi connectivity index (χ0v) is 17.3. The predicted octanol–water partition coefficient (Wildman–Crippen LogP) is 5.16. The van der Waals surface area contributed by atoms with E-state index in [1.165, 1.54) is 0 Å². The number of fused-ring (bicyclic) bond motifs is 2. The summed E-state index contributed by atoms with van der Waals surface area (Å²) in [5.41, 5.74) is 6.22. The molecule has 0 saturated heterocycles. The fourth-order valence-electron chi connectivity index (χ4n) is 3.33. The number of benzene rings is 2. The van der Waals surface area contributed by atoms with Crippen LogP contribution < -0.4 is 14.8 Å². The van der Waals surface area contributed by atoms with Gasteiger partial charge in [-0.2, -0.15) is 0 Å². The summed E-state index contributed by atoms with van der Waals surface area (Å²) in [6, 6.07) is 11.9. The minimum absolute atomic E-state index is 0.574.